The third-order valence-electron chi connectivity index (χ3n) is 3.11. The summed E-state index contributed by atoms with van der Waals surface area (Å²) in [6.07, 6.45) is 1.17. The number of para-hydroxylation sites is 1. The van der Waals surface area contributed by atoms with Gasteiger partial charge in [-0.25, -0.2) is 4.79 Å². The van der Waals surface area contributed by atoms with Crippen molar-refractivity contribution in [3.8, 4) is 11.5 Å². The van der Waals surface area contributed by atoms with Crippen LogP contribution in [0.25, 0.3) is 10.9 Å². The Kier molecular flexibility index (Phi) is 3.23. The number of nitrogens with one attached hydrogen (secondary N) is 1. The molecule has 0 bridgehead atoms. The van der Waals surface area contributed by atoms with E-state index in [0.717, 1.165) is 6.07 Å². The van der Waals surface area contributed by atoms with Gasteiger partial charge < -0.3 is 15.2 Å². The van der Waals surface area contributed by atoms with E-state index in [1.54, 1.807) is 24.3 Å². The van der Waals surface area contributed by atoms with Crippen LogP contribution in [0.3, 0.4) is 0 Å². The van der Waals surface area contributed by atoms with Gasteiger partial charge in [0.05, 0.1) is 17.1 Å². The van der Waals surface area contributed by atoms with Gasteiger partial charge in [0.1, 0.15) is 11.5 Å². The van der Waals surface area contributed by atoms with Crippen LogP contribution in [0.4, 0.5) is 0 Å². The summed E-state index contributed by atoms with van der Waals surface area (Å²) in [7, 11) is 0. The van der Waals surface area contributed by atoms with E-state index in [-0.39, 0.29) is 17.1 Å². The van der Waals surface area contributed by atoms with Gasteiger partial charge in [0.25, 0.3) is 5.56 Å². The molecule has 3 N–H and O–H groups in total. The summed E-state index contributed by atoms with van der Waals surface area (Å²) in [4.78, 5) is 26.7. The molecule has 0 saturated carbocycles. The first kappa shape index (κ1) is 13.6. The molecular formula is C15H11N3O4. The van der Waals surface area contributed by atoms with Gasteiger partial charge in [-0.05, 0) is 24.3 Å². The SMILES string of the molecule is O=c1[nH]c2ccccc2c(=O)n1N=Cc1ccc(O)cc1O. The highest BCUT2D eigenvalue weighted by molar-refractivity contribution is 5.83. The lowest BCUT2D eigenvalue weighted by atomic mass is 10.2. The van der Waals surface area contributed by atoms with E-state index in [2.05, 4.69) is 10.1 Å². The van der Waals surface area contributed by atoms with E-state index in [1.165, 1.54) is 18.3 Å². The molecule has 22 heavy (non-hydrogen) atoms. The Hall–Kier alpha value is -3.35. The molecule has 0 atom stereocenters. The predicted molar refractivity (Wildman–Crippen MR) is 81.6 cm³/mol. The molecule has 0 aliphatic carbocycles. The average Bonchev–Trinajstić information content (AvgIpc) is 2.49. The lowest BCUT2D eigenvalue weighted by Gasteiger charge is -2.01. The molecule has 7 heteroatoms. The molecule has 3 rings (SSSR count). The maximum atomic E-state index is 12.2. The van der Waals surface area contributed by atoms with Gasteiger partial charge >= 0.3 is 5.69 Å². The first-order chi connectivity index (χ1) is 10.6. The molecule has 0 saturated heterocycles. The molecular weight excluding hydrogens is 286 g/mol. The summed E-state index contributed by atoms with van der Waals surface area (Å²) in [5.41, 5.74) is -0.555. The standard InChI is InChI=1S/C15H11N3O4/c19-10-6-5-9(13(20)7-10)8-16-18-14(21)11-3-1-2-4-12(11)17-15(18)22/h1-8,19-20H,(H,17,22). The van der Waals surface area contributed by atoms with Crippen molar-refractivity contribution >= 4 is 17.1 Å². The van der Waals surface area contributed by atoms with Crippen LogP contribution in [0.15, 0.2) is 57.2 Å². The Morgan fingerprint density at radius 3 is 2.64 bits per heavy atom. The van der Waals surface area contributed by atoms with Crippen LogP contribution in [-0.2, 0) is 0 Å². The minimum atomic E-state index is -0.682. The second kappa shape index (κ2) is 5.21. The number of aromatic amines is 1. The molecule has 3 aromatic rings. The van der Waals surface area contributed by atoms with Gasteiger partial charge in [-0.3, -0.25) is 4.79 Å². The second-order valence-corrected chi connectivity index (χ2v) is 4.58. The van der Waals surface area contributed by atoms with Gasteiger partial charge in [-0.2, -0.15) is 5.10 Å². The number of fused-ring (bicyclic) bond motifs is 1. The average molecular weight is 297 g/mol. The number of H-pyrrole nitrogens is 1. The summed E-state index contributed by atoms with van der Waals surface area (Å²) in [5.74, 6) is -0.315. The molecule has 110 valence electrons. The predicted octanol–water partition coefficient (Wildman–Crippen LogP) is 0.983. The normalized spacial score (nSPS) is 11.3. The fourth-order valence-corrected chi connectivity index (χ4v) is 2.02. The highest BCUT2D eigenvalue weighted by Crippen LogP contribution is 2.20. The zero-order valence-electron chi connectivity index (χ0n) is 11.2. The quantitative estimate of drug-likeness (QED) is 0.613. The second-order valence-electron chi connectivity index (χ2n) is 4.58. The van der Waals surface area contributed by atoms with Crippen LogP contribution in [0.1, 0.15) is 5.56 Å². The molecule has 7 nitrogen and oxygen atoms in total. The number of phenolic OH excluding ortho intramolecular Hbond substituents is 2. The van der Waals surface area contributed by atoms with Gasteiger partial charge in [-0.15, -0.1) is 4.68 Å². The summed E-state index contributed by atoms with van der Waals surface area (Å²) >= 11 is 0. The van der Waals surface area contributed by atoms with Gasteiger partial charge in [0, 0.05) is 11.6 Å². The topological polar surface area (TPSA) is 108 Å². The summed E-state index contributed by atoms with van der Waals surface area (Å²) < 4.78 is 0.675. The summed E-state index contributed by atoms with van der Waals surface area (Å²) in [5, 5.41) is 23.0. The van der Waals surface area contributed by atoms with Crippen molar-refractivity contribution in [1.29, 1.82) is 0 Å². The van der Waals surface area contributed by atoms with Crippen molar-refractivity contribution in [3.05, 3.63) is 68.9 Å². The molecule has 0 spiro atoms. The Labute approximate surface area is 123 Å². The van der Waals surface area contributed by atoms with Crippen molar-refractivity contribution in [3.63, 3.8) is 0 Å². The molecule has 0 amide bonds. The van der Waals surface area contributed by atoms with Crippen LogP contribution >= 0.6 is 0 Å². The number of hydrogen-bond acceptors (Lipinski definition) is 5. The summed E-state index contributed by atoms with van der Waals surface area (Å²) in [6, 6.07) is 10.5. The van der Waals surface area contributed by atoms with Crippen LogP contribution < -0.4 is 11.2 Å². The molecule has 1 heterocycles. The minimum absolute atomic E-state index is 0.102. The molecule has 0 radical (unpaired) electrons. The highest BCUT2D eigenvalue weighted by Gasteiger charge is 2.06. The zero-order chi connectivity index (χ0) is 15.7. The number of phenols is 2. The van der Waals surface area contributed by atoms with Gasteiger partial charge in [0.2, 0.25) is 0 Å². The number of aromatic hydroxyl groups is 2. The lowest BCUT2D eigenvalue weighted by Crippen LogP contribution is -2.32. The fraction of sp³-hybridized carbons (Fsp3) is 0. The van der Waals surface area contributed by atoms with E-state index >= 15 is 0 Å². The molecule has 0 fully saturated rings. The third-order valence-corrected chi connectivity index (χ3v) is 3.11. The number of aromatic nitrogens is 2. The van der Waals surface area contributed by atoms with E-state index in [0.29, 0.717) is 15.6 Å². The molecule has 0 aliphatic rings. The lowest BCUT2D eigenvalue weighted by molar-refractivity contribution is 0.450. The van der Waals surface area contributed by atoms with Gasteiger partial charge in [-0.1, -0.05) is 12.1 Å². The van der Waals surface area contributed by atoms with Crippen LogP contribution in [0, 0.1) is 0 Å². The Morgan fingerprint density at radius 1 is 1.09 bits per heavy atom. The maximum absolute atomic E-state index is 12.2. The van der Waals surface area contributed by atoms with E-state index in [9.17, 15) is 19.8 Å². The molecule has 0 aliphatic heterocycles. The van der Waals surface area contributed by atoms with Crippen molar-refractivity contribution in [1.82, 2.24) is 9.66 Å². The minimum Gasteiger partial charge on any atom is -0.508 e. The Bertz CT molecular complexity index is 1000. The first-order valence-electron chi connectivity index (χ1n) is 6.36. The van der Waals surface area contributed by atoms with Crippen molar-refractivity contribution in [2.24, 2.45) is 5.10 Å². The largest absolute Gasteiger partial charge is 0.508 e. The first-order valence-corrected chi connectivity index (χ1v) is 6.36. The van der Waals surface area contributed by atoms with Crippen LogP contribution in [0.5, 0.6) is 11.5 Å². The van der Waals surface area contributed by atoms with E-state index in [4.69, 9.17) is 0 Å². The monoisotopic (exact) mass is 297 g/mol. The number of rotatable bonds is 2. The Balaban J connectivity index is 2.13. The van der Waals surface area contributed by atoms with Crippen molar-refractivity contribution < 1.29 is 10.2 Å². The molecule has 1 aromatic heterocycles. The van der Waals surface area contributed by atoms with Gasteiger partial charge in [0.15, 0.2) is 0 Å². The van der Waals surface area contributed by atoms with Crippen molar-refractivity contribution in [2.75, 3.05) is 0 Å². The summed E-state index contributed by atoms with van der Waals surface area (Å²) in [6.45, 7) is 0. The molecule has 2 aromatic carbocycles. The van der Waals surface area contributed by atoms with E-state index < -0.39 is 11.2 Å². The molecule has 0 unspecified atom stereocenters. The van der Waals surface area contributed by atoms with E-state index in [1.807, 2.05) is 0 Å². The third kappa shape index (κ3) is 2.35. The zero-order valence-corrected chi connectivity index (χ0v) is 11.2. The number of benzene rings is 2. The number of nitrogens with zero attached hydrogens (tertiary/aromatic N) is 2. The maximum Gasteiger partial charge on any atom is 0.349 e. The highest BCUT2D eigenvalue weighted by atomic mass is 16.3. The fourth-order valence-electron chi connectivity index (χ4n) is 2.02. The smallest absolute Gasteiger partial charge is 0.349 e. The van der Waals surface area contributed by atoms with Crippen molar-refractivity contribution in [2.45, 2.75) is 0 Å². The Morgan fingerprint density at radius 2 is 1.86 bits per heavy atom. The van der Waals surface area contributed by atoms with Crippen LogP contribution in [-0.4, -0.2) is 26.1 Å². The van der Waals surface area contributed by atoms with Crippen LogP contribution in [0.2, 0.25) is 0 Å². The number of hydrogen-bond donors (Lipinski definition) is 3.